The van der Waals surface area contributed by atoms with Crippen LogP contribution in [0.25, 0.3) is 10.9 Å². The minimum atomic E-state index is -0.156. The maximum Gasteiger partial charge on any atom is 0.130 e. The molecule has 3 heteroatoms. The Labute approximate surface area is 120 Å². The van der Waals surface area contributed by atoms with Crippen molar-refractivity contribution in [2.24, 2.45) is 5.73 Å². The fraction of sp³-hybridized carbons (Fsp3) is 0.471. The average molecular weight is 270 g/mol. The van der Waals surface area contributed by atoms with Crippen LogP contribution in [0, 0.1) is 6.92 Å². The van der Waals surface area contributed by atoms with Gasteiger partial charge in [-0.2, -0.15) is 0 Å². The van der Waals surface area contributed by atoms with E-state index >= 15 is 0 Å². The van der Waals surface area contributed by atoms with Crippen molar-refractivity contribution in [3.63, 3.8) is 0 Å². The molecule has 0 amide bonds. The van der Waals surface area contributed by atoms with Crippen LogP contribution < -0.4 is 10.5 Å². The third-order valence-electron chi connectivity index (χ3n) is 4.17. The van der Waals surface area contributed by atoms with E-state index in [-0.39, 0.29) is 5.54 Å². The molecule has 2 N–H and O–H groups in total. The van der Waals surface area contributed by atoms with E-state index in [2.05, 4.69) is 11.1 Å². The summed E-state index contributed by atoms with van der Waals surface area (Å²) in [5.41, 5.74) is 8.26. The van der Waals surface area contributed by atoms with Crippen LogP contribution in [0.3, 0.4) is 0 Å². The Morgan fingerprint density at radius 3 is 2.75 bits per heavy atom. The van der Waals surface area contributed by atoms with Crippen LogP contribution in [0.15, 0.2) is 30.3 Å². The predicted molar refractivity (Wildman–Crippen MR) is 82.0 cm³/mol. The van der Waals surface area contributed by atoms with Gasteiger partial charge >= 0.3 is 0 Å². The SMILES string of the molecule is Cc1cc(OCC2(N)CCCCC2)c2ccccc2n1. The van der Waals surface area contributed by atoms with Crippen LogP contribution >= 0.6 is 0 Å². The summed E-state index contributed by atoms with van der Waals surface area (Å²) < 4.78 is 6.08. The second-order valence-electron chi connectivity index (χ2n) is 5.99. The van der Waals surface area contributed by atoms with E-state index in [9.17, 15) is 0 Å². The summed E-state index contributed by atoms with van der Waals surface area (Å²) in [6.07, 6.45) is 5.87. The van der Waals surface area contributed by atoms with Gasteiger partial charge in [-0.05, 0) is 31.9 Å². The topological polar surface area (TPSA) is 48.1 Å². The molecule has 0 unspecified atom stereocenters. The summed E-state index contributed by atoms with van der Waals surface area (Å²) in [7, 11) is 0. The third kappa shape index (κ3) is 2.78. The number of hydrogen-bond acceptors (Lipinski definition) is 3. The number of nitrogens with zero attached hydrogens (tertiary/aromatic N) is 1. The number of fused-ring (bicyclic) bond motifs is 1. The van der Waals surface area contributed by atoms with Gasteiger partial charge in [0.2, 0.25) is 0 Å². The Bertz CT molecular complexity index is 603. The van der Waals surface area contributed by atoms with E-state index in [1.165, 1.54) is 19.3 Å². The van der Waals surface area contributed by atoms with Gasteiger partial charge < -0.3 is 10.5 Å². The first-order valence-corrected chi connectivity index (χ1v) is 7.44. The van der Waals surface area contributed by atoms with Gasteiger partial charge in [0, 0.05) is 17.1 Å². The first-order chi connectivity index (χ1) is 9.66. The number of ether oxygens (including phenoxy) is 1. The predicted octanol–water partition coefficient (Wildman–Crippen LogP) is 3.58. The highest BCUT2D eigenvalue weighted by atomic mass is 16.5. The molecule has 0 radical (unpaired) electrons. The minimum absolute atomic E-state index is 0.156. The molecular weight excluding hydrogens is 248 g/mol. The van der Waals surface area contributed by atoms with Crippen molar-refractivity contribution in [1.82, 2.24) is 4.98 Å². The quantitative estimate of drug-likeness (QED) is 0.927. The van der Waals surface area contributed by atoms with Crippen molar-refractivity contribution in [2.45, 2.75) is 44.6 Å². The molecule has 0 bridgehead atoms. The van der Waals surface area contributed by atoms with Crippen LogP contribution in [-0.4, -0.2) is 17.1 Å². The molecule has 3 nitrogen and oxygen atoms in total. The number of nitrogens with two attached hydrogens (primary N) is 1. The number of para-hydroxylation sites is 1. The summed E-state index contributed by atoms with van der Waals surface area (Å²) in [6, 6.07) is 10.1. The number of benzene rings is 1. The maximum absolute atomic E-state index is 6.45. The number of pyridine rings is 1. The molecule has 0 aliphatic heterocycles. The summed E-state index contributed by atoms with van der Waals surface area (Å²) in [5.74, 6) is 0.906. The van der Waals surface area contributed by atoms with Crippen molar-refractivity contribution >= 4 is 10.9 Å². The summed E-state index contributed by atoms with van der Waals surface area (Å²) >= 11 is 0. The van der Waals surface area contributed by atoms with Gasteiger partial charge in [-0.15, -0.1) is 0 Å². The third-order valence-corrected chi connectivity index (χ3v) is 4.17. The first kappa shape index (κ1) is 13.4. The largest absolute Gasteiger partial charge is 0.491 e. The molecule has 1 aliphatic rings. The van der Waals surface area contributed by atoms with Crippen molar-refractivity contribution < 1.29 is 4.74 Å². The average Bonchev–Trinajstić information content (AvgIpc) is 2.45. The molecule has 0 saturated heterocycles. The lowest BCUT2D eigenvalue weighted by molar-refractivity contribution is 0.175. The Morgan fingerprint density at radius 2 is 1.95 bits per heavy atom. The molecule has 2 aromatic rings. The maximum atomic E-state index is 6.45. The van der Waals surface area contributed by atoms with E-state index in [0.717, 1.165) is 35.2 Å². The standard InChI is InChI=1S/C17H22N2O/c1-13-11-16(14-7-3-4-8-15(14)19-13)20-12-17(18)9-5-2-6-10-17/h3-4,7-8,11H,2,5-6,9-10,12,18H2,1H3. The van der Waals surface area contributed by atoms with Gasteiger partial charge in [0.25, 0.3) is 0 Å². The van der Waals surface area contributed by atoms with Crippen molar-refractivity contribution in [1.29, 1.82) is 0 Å². The molecule has 3 rings (SSSR count). The van der Waals surface area contributed by atoms with E-state index in [4.69, 9.17) is 10.5 Å². The molecule has 1 heterocycles. The minimum Gasteiger partial charge on any atom is -0.491 e. The summed E-state index contributed by atoms with van der Waals surface area (Å²) in [4.78, 5) is 4.54. The fourth-order valence-corrected chi connectivity index (χ4v) is 3.01. The van der Waals surface area contributed by atoms with Crippen molar-refractivity contribution in [3.8, 4) is 5.75 Å². The Balaban J connectivity index is 1.83. The van der Waals surface area contributed by atoms with Gasteiger partial charge in [0.05, 0.1) is 11.1 Å². The van der Waals surface area contributed by atoms with Gasteiger partial charge in [-0.25, -0.2) is 0 Å². The normalized spacial score (nSPS) is 18.1. The number of rotatable bonds is 3. The first-order valence-electron chi connectivity index (χ1n) is 7.44. The highest BCUT2D eigenvalue weighted by Gasteiger charge is 2.28. The molecule has 0 spiro atoms. The molecule has 1 aromatic carbocycles. The van der Waals surface area contributed by atoms with Crippen LogP contribution in [-0.2, 0) is 0 Å². The van der Waals surface area contributed by atoms with Gasteiger partial charge in [0.1, 0.15) is 12.4 Å². The zero-order chi connectivity index (χ0) is 14.0. The molecule has 1 fully saturated rings. The van der Waals surface area contributed by atoms with E-state index < -0.39 is 0 Å². The van der Waals surface area contributed by atoms with Crippen molar-refractivity contribution in [2.75, 3.05) is 6.61 Å². The fourth-order valence-electron chi connectivity index (χ4n) is 3.01. The molecule has 20 heavy (non-hydrogen) atoms. The van der Waals surface area contributed by atoms with E-state index in [1.54, 1.807) is 0 Å². The lowest BCUT2D eigenvalue weighted by Crippen LogP contribution is -2.47. The van der Waals surface area contributed by atoms with Crippen LogP contribution in [0.4, 0.5) is 0 Å². The zero-order valence-corrected chi connectivity index (χ0v) is 12.1. The van der Waals surface area contributed by atoms with Gasteiger partial charge in [-0.3, -0.25) is 4.98 Å². The van der Waals surface area contributed by atoms with Crippen LogP contribution in [0.1, 0.15) is 37.8 Å². The monoisotopic (exact) mass is 270 g/mol. The zero-order valence-electron chi connectivity index (χ0n) is 12.1. The Kier molecular flexibility index (Phi) is 3.62. The lowest BCUT2D eigenvalue weighted by Gasteiger charge is -2.33. The highest BCUT2D eigenvalue weighted by molar-refractivity contribution is 5.85. The van der Waals surface area contributed by atoms with E-state index in [1.807, 2.05) is 31.2 Å². The second-order valence-corrected chi connectivity index (χ2v) is 5.99. The number of aromatic nitrogens is 1. The smallest absolute Gasteiger partial charge is 0.130 e. The van der Waals surface area contributed by atoms with E-state index in [0.29, 0.717) is 6.61 Å². The molecule has 1 aliphatic carbocycles. The lowest BCUT2D eigenvalue weighted by atomic mass is 9.83. The van der Waals surface area contributed by atoms with Gasteiger partial charge in [-0.1, -0.05) is 31.4 Å². The second kappa shape index (κ2) is 5.41. The molecule has 1 saturated carbocycles. The van der Waals surface area contributed by atoms with Crippen molar-refractivity contribution in [3.05, 3.63) is 36.0 Å². The van der Waals surface area contributed by atoms with Gasteiger partial charge in [0.15, 0.2) is 0 Å². The Hall–Kier alpha value is -1.61. The van der Waals surface area contributed by atoms with Crippen LogP contribution in [0.5, 0.6) is 5.75 Å². The molecule has 106 valence electrons. The summed E-state index contributed by atoms with van der Waals surface area (Å²) in [6.45, 7) is 2.60. The summed E-state index contributed by atoms with van der Waals surface area (Å²) in [5, 5.41) is 1.07. The highest BCUT2D eigenvalue weighted by Crippen LogP contribution is 2.29. The molecule has 0 atom stereocenters. The number of aryl methyl sites for hydroxylation is 1. The molecule has 1 aromatic heterocycles. The Morgan fingerprint density at radius 1 is 1.20 bits per heavy atom. The molecular formula is C17H22N2O. The van der Waals surface area contributed by atoms with Crippen LogP contribution in [0.2, 0.25) is 0 Å². The number of hydrogen-bond donors (Lipinski definition) is 1.